The molecule has 2 aliphatic rings. The minimum atomic E-state index is -0.103. The van der Waals surface area contributed by atoms with Crippen LogP contribution in [0.3, 0.4) is 0 Å². The van der Waals surface area contributed by atoms with Crippen molar-refractivity contribution in [3.63, 3.8) is 0 Å². The summed E-state index contributed by atoms with van der Waals surface area (Å²) in [4.78, 5) is 14.5. The zero-order valence-corrected chi connectivity index (χ0v) is 15.1. The Morgan fingerprint density at radius 3 is 2.54 bits per heavy atom. The molecule has 2 aromatic rings. The molecule has 2 heterocycles. The molecule has 2 aromatic carbocycles. The largest absolute Gasteiger partial charge is 0.487 e. The third-order valence-electron chi connectivity index (χ3n) is 5.18. The number of rotatable bonds is 1. The predicted octanol–water partition coefficient (Wildman–Crippen LogP) is 4.45. The van der Waals surface area contributed by atoms with Gasteiger partial charge in [-0.05, 0) is 48.7 Å². The monoisotopic (exact) mass is 385 g/mol. The highest BCUT2D eigenvalue weighted by molar-refractivity contribution is 9.10. The van der Waals surface area contributed by atoms with Crippen LogP contribution in [0.4, 0.5) is 0 Å². The highest BCUT2D eigenvalue weighted by Gasteiger charge is 2.40. The van der Waals surface area contributed by atoms with Crippen LogP contribution in [0.2, 0.25) is 0 Å². The van der Waals surface area contributed by atoms with Gasteiger partial charge in [-0.25, -0.2) is 0 Å². The van der Waals surface area contributed by atoms with Gasteiger partial charge in [0.05, 0.1) is 0 Å². The fourth-order valence-corrected chi connectivity index (χ4v) is 4.13. The van der Waals surface area contributed by atoms with Crippen LogP contribution in [0.15, 0.2) is 53.0 Å². The summed E-state index contributed by atoms with van der Waals surface area (Å²) < 4.78 is 7.49. The van der Waals surface area contributed by atoms with E-state index >= 15 is 0 Å². The second-order valence-electron chi connectivity index (χ2n) is 6.70. The van der Waals surface area contributed by atoms with Gasteiger partial charge in [-0.1, -0.05) is 34.1 Å². The molecule has 0 N–H and O–H groups in total. The van der Waals surface area contributed by atoms with E-state index in [1.807, 2.05) is 41.3 Å². The van der Waals surface area contributed by atoms with Crippen molar-refractivity contribution in [2.24, 2.45) is 0 Å². The summed E-state index contributed by atoms with van der Waals surface area (Å²) in [6.45, 7) is 1.53. The molecule has 124 valence electrons. The summed E-state index contributed by atoms with van der Waals surface area (Å²) in [5.74, 6) is 1.14. The van der Waals surface area contributed by atoms with Crippen LogP contribution in [0, 0.1) is 0 Å². The smallest absolute Gasteiger partial charge is 0.253 e. The number of halogens is 1. The molecule has 4 rings (SSSR count). The lowest BCUT2D eigenvalue weighted by Gasteiger charge is -2.44. The molecule has 0 saturated carbocycles. The molecule has 1 amide bonds. The van der Waals surface area contributed by atoms with Gasteiger partial charge in [0.1, 0.15) is 11.4 Å². The number of hydrogen-bond donors (Lipinski definition) is 0. The molecule has 0 unspecified atom stereocenters. The van der Waals surface area contributed by atoms with Crippen LogP contribution in [0.1, 0.15) is 35.2 Å². The molecule has 0 bridgehead atoms. The van der Waals surface area contributed by atoms with E-state index in [0.717, 1.165) is 54.6 Å². The van der Waals surface area contributed by atoms with E-state index in [0.29, 0.717) is 0 Å². The molecular formula is C20H20BrNO2. The summed E-state index contributed by atoms with van der Waals surface area (Å²) in [6, 6.07) is 15.8. The Kier molecular flexibility index (Phi) is 4.09. The van der Waals surface area contributed by atoms with Crippen molar-refractivity contribution in [2.75, 3.05) is 13.1 Å². The molecular weight excluding hydrogens is 366 g/mol. The maximum atomic E-state index is 12.6. The molecule has 1 spiro atoms. The van der Waals surface area contributed by atoms with Crippen molar-refractivity contribution in [1.29, 1.82) is 0 Å². The van der Waals surface area contributed by atoms with Gasteiger partial charge < -0.3 is 9.64 Å². The number of carbonyl (C=O) groups excluding carboxylic acids is 1. The van der Waals surface area contributed by atoms with Gasteiger partial charge in [0.25, 0.3) is 5.91 Å². The lowest BCUT2D eigenvalue weighted by atomic mass is 9.83. The summed E-state index contributed by atoms with van der Waals surface area (Å²) in [7, 11) is 0. The molecule has 3 nitrogen and oxygen atoms in total. The Morgan fingerprint density at radius 1 is 1.04 bits per heavy atom. The number of nitrogens with zero attached hydrogens (tertiary/aromatic N) is 1. The summed E-state index contributed by atoms with van der Waals surface area (Å²) in [5.41, 5.74) is 1.94. The van der Waals surface area contributed by atoms with Crippen LogP contribution in [-0.4, -0.2) is 29.5 Å². The Balaban J connectivity index is 1.45. The van der Waals surface area contributed by atoms with E-state index in [2.05, 4.69) is 28.1 Å². The van der Waals surface area contributed by atoms with E-state index < -0.39 is 0 Å². The Labute approximate surface area is 150 Å². The first-order valence-electron chi connectivity index (χ1n) is 8.47. The van der Waals surface area contributed by atoms with Crippen LogP contribution in [0.25, 0.3) is 0 Å². The summed E-state index contributed by atoms with van der Waals surface area (Å²) >= 11 is 3.52. The molecule has 2 aliphatic heterocycles. The number of fused-ring (bicyclic) bond motifs is 1. The lowest BCUT2D eigenvalue weighted by Crippen LogP contribution is -2.51. The molecule has 1 fully saturated rings. The van der Waals surface area contributed by atoms with Crippen molar-refractivity contribution < 1.29 is 9.53 Å². The first-order chi connectivity index (χ1) is 11.7. The van der Waals surface area contributed by atoms with Gasteiger partial charge >= 0.3 is 0 Å². The molecule has 0 aliphatic carbocycles. The second kappa shape index (κ2) is 6.25. The van der Waals surface area contributed by atoms with Crippen LogP contribution < -0.4 is 4.74 Å². The second-order valence-corrected chi connectivity index (χ2v) is 7.61. The molecule has 0 radical (unpaired) electrons. The summed E-state index contributed by atoms with van der Waals surface area (Å²) in [5, 5.41) is 0. The van der Waals surface area contributed by atoms with Crippen LogP contribution in [0.5, 0.6) is 5.75 Å². The first kappa shape index (κ1) is 15.7. The Morgan fingerprint density at radius 2 is 1.79 bits per heavy atom. The standard InChI is InChI=1S/C20H20BrNO2/c21-17-6-7-18-16(14-17)8-9-20(24-18)10-12-22(13-11-20)19(23)15-4-2-1-3-5-15/h1-7,14H,8-13H2. The third kappa shape index (κ3) is 2.95. The molecule has 1 saturated heterocycles. The van der Waals surface area contributed by atoms with E-state index in [9.17, 15) is 4.79 Å². The van der Waals surface area contributed by atoms with E-state index in [-0.39, 0.29) is 11.5 Å². The Bertz CT molecular complexity index is 751. The topological polar surface area (TPSA) is 29.5 Å². The van der Waals surface area contributed by atoms with Gasteiger partial charge in [-0.3, -0.25) is 4.79 Å². The number of piperidine rings is 1. The third-order valence-corrected chi connectivity index (χ3v) is 5.67. The number of aryl methyl sites for hydroxylation is 1. The van der Waals surface area contributed by atoms with Gasteiger partial charge in [-0.2, -0.15) is 0 Å². The number of amides is 1. The predicted molar refractivity (Wildman–Crippen MR) is 97.4 cm³/mol. The highest BCUT2D eigenvalue weighted by Crippen LogP contribution is 2.40. The van der Waals surface area contributed by atoms with Gasteiger partial charge in [0, 0.05) is 36.0 Å². The van der Waals surface area contributed by atoms with Crippen molar-refractivity contribution >= 4 is 21.8 Å². The van der Waals surface area contributed by atoms with E-state index in [1.165, 1.54) is 5.56 Å². The van der Waals surface area contributed by atoms with Crippen molar-refractivity contribution in [1.82, 2.24) is 4.90 Å². The van der Waals surface area contributed by atoms with Crippen LogP contribution in [-0.2, 0) is 6.42 Å². The molecule has 24 heavy (non-hydrogen) atoms. The minimum Gasteiger partial charge on any atom is -0.487 e. The van der Waals surface area contributed by atoms with Crippen molar-refractivity contribution in [3.05, 3.63) is 64.1 Å². The lowest BCUT2D eigenvalue weighted by molar-refractivity contribution is -0.0107. The quantitative estimate of drug-likeness (QED) is 0.725. The van der Waals surface area contributed by atoms with Gasteiger partial charge in [-0.15, -0.1) is 0 Å². The highest BCUT2D eigenvalue weighted by atomic mass is 79.9. The van der Waals surface area contributed by atoms with E-state index in [4.69, 9.17) is 4.74 Å². The normalized spacial score (nSPS) is 18.8. The van der Waals surface area contributed by atoms with Crippen LogP contribution >= 0.6 is 15.9 Å². The Hall–Kier alpha value is -1.81. The number of likely N-dealkylation sites (tertiary alicyclic amines) is 1. The molecule has 4 heteroatoms. The fraction of sp³-hybridized carbons (Fsp3) is 0.350. The van der Waals surface area contributed by atoms with Crippen molar-refractivity contribution in [2.45, 2.75) is 31.3 Å². The zero-order chi connectivity index (χ0) is 16.6. The molecule has 0 atom stereocenters. The van der Waals surface area contributed by atoms with Crippen molar-refractivity contribution in [3.8, 4) is 5.75 Å². The number of hydrogen-bond acceptors (Lipinski definition) is 2. The average molecular weight is 386 g/mol. The SMILES string of the molecule is O=C(c1ccccc1)N1CCC2(CCc3cc(Br)ccc3O2)CC1. The first-order valence-corrected chi connectivity index (χ1v) is 9.26. The average Bonchev–Trinajstić information content (AvgIpc) is 2.63. The fourth-order valence-electron chi connectivity index (χ4n) is 3.72. The maximum absolute atomic E-state index is 12.6. The maximum Gasteiger partial charge on any atom is 0.253 e. The van der Waals surface area contributed by atoms with E-state index in [1.54, 1.807) is 0 Å². The number of benzene rings is 2. The molecule has 0 aromatic heterocycles. The number of ether oxygens (including phenoxy) is 1. The van der Waals surface area contributed by atoms with Gasteiger partial charge in [0.15, 0.2) is 0 Å². The summed E-state index contributed by atoms with van der Waals surface area (Å²) in [6.07, 6.45) is 3.88. The minimum absolute atomic E-state index is 0.103. The number of carbonyl (C=O) groups is 1. The zero-order valence-electron chi connectivity index (χ0n) is 13.5. The van der Waals surface area contributed by atoms with Gasteiger partial charge in [0.2, 0.25) is 0 Å².